The molecule has 19 heavy (non-hydrogen) atoms. The minimum atomic E-state index is -4.96. The lowest BCUT2D eigenvalue weighted by Gasteiger charge is -2.20. The zero-order chi connectivity index (χ0) is 14.7. The van der Waals surface area contributed by atoms with Gasteiger partial charge in [0, 0.05) is 18.7 Å². The van der Waals surface area contributed by atoms with Gasteiger partial charge in [-0.25, -0.2) is 0 Å². The third kappa shape index (κ3) is 5.38. The van der Waals surface area contributed by atoms with Crippen molar-refractivity contribution < 1.29 is 33.8 Å². The molecule has 0 aliphatic rings. The summed E-state index contributed by atoms with van der Waals surface area (Å²) in [5.41, 5.74) is -1.72. The van der Waals surface area contributed by atoms with E-state index in [-0.39, 0.29) is 18.7 Å². The second-order valence-electron chi connectivity index (χ2n) is 3.76. The van der Waals surface area contributed by atoms with Gasteiger partial charge < -0.3 is 24.7 Å². The van der Waals surface area contributed by atoms with Crippen LogP contribution in [0.25, 0.3) is 0 Å². The predicted molar refractivity (Wildman–Crippen MR) is 65.5 cm³/mol. The first-order valence-corrected chi connectivity index (χ1v) is 8.45. The van der Waals surface area contributed by atoms with Crippen LogP contribution < -0.4 is 5.32 Å². The van der Waals surface area contributed by atoms with E-state index in [1.165, 1.54) is 18.3 Å². The van der Waals surface area contributed by atoms with Crippen LogP contribution in [-0.2, 0) is 15.6 Å². The quantitative estimate of drug-likeness (QED) is 0.382. The standard InChI is InChI=1S/C8H14N2O7P2/c11-7-2-1-6(10-5-7)3-4-9-8(18(12,13)14)19(15,16)17/h1-2,5,8-9,11H,3-4H2,(H2,12,13,14)(H2,15,16,17). The summed E-state index contributed by atoms with van der Waals surface area (Å²) < 4.78 is 21.9. The average Bonchev–Trinajstić information content (AvgIpc) is 2.23. The molecule has 0 atom stereocenters. The maximum absolute atomic E-state index is 11.0. The summed E-state index contributed by atoms with van der Waals surface area (Å²) in [5.74, 6) is -0.0278. The number of hydrogen-bond donors (Lipinski definition) is 6. The van der Waals surface area contributed by atoms with Crippen molar-refractivity contribution in [1.82, 2.24) is 10.3 Å². The first-order chi connectivity index (χ1) is 8.60. The second kappa shape index (κ2) is 6.11. The van der Waals surface area contributed by atoms with Crippen LogP contribution in [0.1, 0.15) is 5.69 Å². The van der Waals surface area contributed by atoms with Crippen molar-refractivity contribution in [3.05, 3.63) is 24.0 Å². The number of hydrogen-bond acceptors (Lipinski definition) is 5. The maximum atomic E-state index is 11.0. The smallest absolute Gasteiger partial charge is 0.354 e. The number of nitrogens with one attached hydrogen (secondary N) is 1. The molecule has 0 saturated heterocycles. The first kappa shape index (κ1) is 16.3. The molecule has 0 aliphatic carbocycles. The normalized spacial score (nSPS) is 12.9. The number of rotatable bonds is 6. The van der Waals surface area contributed by atoms with Gasteiger partial charge in [-0.05, 0) is 12.1 Å². The number of aromatic hydroxyl groups is 1. The summed E-state index contributed by atoms with van der Waals surface area (Å²) in [6.45, 7) is -0.0847. The molecule has 1 aromatic rings. The third-order valence-corrected chi connectivity index (χ3v) is 5.60. The Morgan fingerprint density at radius 2 is 1.74 bits per heavy atom. The summed E-state index contributed by atoms with van der Waals surface area (Å²) in [6.07, 6.45) is 1.38. The van der Waals surface area contributed by atoms with Crippen LogP contribution in [0, 0.1) is 0 Å². The van der Waals surface area contributed by atoms with E-state index in [1.807, 2.05) is 0 Å². The number of nitrogens with zero attached hydrogens (tertiary/aromatic N) is 1. The van der Waals surface area contributed by atoms with Crippen LogP contribution in [-0.4, -0.2) is 41.7 Å². The van der Waals surface area contributed by atoms with Crippen LogP contribution in [0.5, 0.6) is 5.75 Å². The predicted octanol–water partition coefficient (Wildman–Crippen LogP) is -0.442. The van der Waals surface area contributed by atoms with E-state index in [4.69, 9.17) is 24.7 Å². The third-order valence-electron chi connectivity index (χ3n) is 2.15. The Labute approximate surface area is 108 Å². The molecular weight excluding hydrogens is 298 g/mol. The minimum absolute atomic E-state index is 0.0278. The van der Waals surface area contributed by atoms with E-state index in [2.05, 4.69) is 10.3 Å². The van der Waals surface area contributed by atoms with Gasteiger partial charge >= 0.3 is 15.2 Å². The molecule has 0 fully saturated rings. The summed E-state index contributed by atoms with van der Waals surface area (Å²) in [5, 5.41) is 11.1. The molecule has 108 valence electrons. The van der Waals surface area contributed by atoms with Crippen molar-refractivity contribution >= 4 is 15.2 Å². The molecule has 11 heteroatoms. The molecule has 0 spiro atoms. The fraction of sp³-hybridized carbons (Fsp3) is 0.375. The second-order valence-corrected chi connectivity index (χ2v) is 7.56. The van der Waals surface area contributed by atoms with Gasteiger partial charge in [0.25, 0.3) is 0 Å². The lowest BCUT2D eigenvalue weighted by Crippen LogP contribution is -2.30. The molecule has 0 aromatic carbocycles. The van der Waals surface area contributed by atoms with Gasteiger partial charge in [0.2, 0.25) is 5.52 Å². The van der Waals surface area contributed by atoms with Crippen LogP contribution in [0.15, 0.2) is 18.3 Å². The van der Waals surface area contributed by atoms with Crippen molar-refractivity contribution in [3.8, 4) is 5.75 Å². The monoisotopic (exact) mass is 312 g/mol. The molecule has 1 heterocycles. The molecule has 0 radical (unpaired) electrons. The van der Waals surface area contributed by atoms with Crippen LogP contribution in [0.3, 0.4) is 0 Å². The average molecular weight is 312 g/mol. The van der Waals surface area contributed by atoms with Crippen molar-refractivity contribution in [2.45, 2.75) is 11.9 Å². The Hall–Kier alpha value is -0.790. The van der Waals surface area contributed by atoms with Gasteiger partial charge in [0.05, 0.1) is 6.20 Å². The minimum Gasteiger partial charge on any atom is -0.506 e. The summed E-state index contributed by atoms with van der Waals surface area (Å²) >= 11 is 0. The molecule has 1 rings (SSSR count). The molecule has 6 N–H and O–H groups in total. The van der Waals surface area contributed by atoms with Crippen LogP contribution in [0.2, 0.25) is 0 Å². The highest BCUT2D eigenvalue weighted by Crippen LogP contribution is 2.58. The van der Waals surface area contributed by atoms with E-state index in [0.717, 1.165) is 0 Å². The zero-order valence-corrected chi connectivity index (χ0v) is 11.4. The van der Waals surface area contributed by atoms with Gasteiger partial charge in [-0.2, -0.15) is 0 Å². The summed E-state index contributed by atoms with van der Waals surface area (Å²) in [6, 6.07) is 2.87. The molecule has 1 aromatic heterocycles. The fourth-order valence-corrected chi connectivity index (χ4v) is 3.63. The number of pyridine rings is 1. The Balaban J connectivity index is 2.61. The van der Waals surface area contributed by atoms with Crippen molar-refractivity contribution in [2.75, 3.05) is 6.54 Å². The molecular formula is C8H14N2O7P2. The molecule has 0 bridgehead atoms. The molecule has 0 saturated carbocycles. The fourth-order valence-electron chi connectivity index (χ4n) is 1.33. The lowest BCUT2D eigenvalue weighted by molar-refractivity contribution is 0.328. The molecule has 0 amide bonds. The highest BCUT2D eigenvalue weighted by atomic mass is 31.2. The topological polar surface area (TPSA) is 160 Å². The summed E-state index contributed by atoms with van der Waals surface area (Å²) in [7, 11) is -9.92. The molecule has 9 nitrogen and oxygen atoms in total. The number of aromatic nitrogens is 1. The van der Waals surface area contributed by atoms with Gasteiger partial charge in [0.1, 0.15) is 5.75 Å². The molecule has 0 unspecified atom stereocenters. The Kier molecular flexibility index (Phi) is 5.23. The van der Waals surface area contributed by atoms with E-state index >= 15 is 0 Å². The van der Waals surface area contributed by atoms with E-state index in [9.17, 15) is 9.13 Å². The zero-order valence-electron chi connectivity index (χ0n) is 9.62. The molecule has 0 aliphatic heterocycles. The van der Waals surface area contributed by atoms with Crippen molar-refractivity contribution in [3.63, 3.8) is 0 Å². The van der Waals surface area contributed by atoms with Crippen molar-refractivity contribution in [1.29, 1.82) is 0 Å². The van der Waals surface area contributed by atoms with Gasteiger partial charge in [-0.3, -0.25) is 19.4 Å². The van der Waals surface area contributed by atoms with Crippen molar-refractivity contribution in [2.24, 2.45) is 0 Å². The van der Waals surface area contributed by atoms with E-state index < -0.39 is 20.7 Å². The largest absolute Gasteiger partial charge is 0.506 e. The lowest BCUT2D eigenvalue weighted by atomic mass is 10.3. The van der Waals surface area contributed by atoms with Gasteiger partial charge in [0.15, 0.2) is 0 Å². The van der Waals surface area contributed by atoms with Crippen LogP contribution >= 0.6 is 15.2 Å². The Morgan fingerprint density at radius 1 is 1.16 bits per heavy atom. The Bertz CT molecular complexity index is 486. The summed E-state index contributed by atoms with van der Waals surface area (Å²) in [4.78, 5) is 39.2. The maximum Gasteiger partial charge on any atom is 0.354 e. The SMILES string of the molecule is O=P(O)(O)C(NCCc1ccc(O)cn1)P(=O)(O)O. The Morgan fingerprint density at radius 3 is 2.16 bits per heavy atom. The van der Waals surface area contributed by atoms with Gasteiger partial charge in [-0.1, -0.05) is 0 Å². The first-order valence-electron chi connectivity index (χ1n) is 5.08. The highest BCUT2D eigenvalue weighted by Gasteiger charge is 2.42. The van der Waals surface area contributed by atoms with E-state index in [1.54, 1.807) is 0 Å². The van der Waals surface area contributed by atoms with Gasteiger partial charge in [-0.15, -0.1) is 0 Å². The van der Waals surface area contributed by atoms with E-state index in [0.29, 0.717) is 5.69 Å². The highest BCUT2D eigenvalue weighted by molar-refractivity contribution is 7.70. The van der Waals surface area contributed by atoms with Crippen LogP contribution in [0.4, 0.5) is 0 Å².